The van der Waals surface area contributed by atoms with Crippen LogP contribution in [0.15, 0.2) is 31.0 Å². The normalized spacial score (nSPS) is 18.4. The summed E-state index contributed by atoms with van der Waals surface area (Å²) in [5.41, 5.74) is 6.68. The standard InChI is InChI=1S/C29H49N7O3/c1-4-33(3)13-8-20-38-27-11-10-26(21-25(27)22-34-16-18-36(19-17-34)29(30)31)39-23-28(37)32-12-7-15-35-14-6-5-9-24(35)2/h4,10-11,21,24H,1,5-9,12-20,22-23H2,2-3H3,(H3,30,31)(H,32,37). The lowest BCUT2D eigenvalue weighted by molar-refractivity contribution is -0.123. The lowest BCUT2D eigenvalue weighted by Gasteiger charge is -2.35. The quantitative estimate of drug-likeness (QED) is 0.176. The molecule has 0 spiro atoms. The summed E-state index contributed by atoms with van der Waals surface area (Å²) in [6.45, 7) is 14.2. The van der Waals surface area contributed by atoms with E-state index in [4.69, 9.17) is 20.6 Å². The van der Waals surface area contributed by atoms with Crippen LogP contribution in [0.1, 0.15) is 44.6 Å². The van der Waals surface area contributed by atoms with Crippen LogP contribution in [0.3, 0.4) is 0 Å². The molecule has 4 N–H and O–H groups in total. The number of carbonyl (C=O) groups is 1. The fourth-order valence-electron chi connectivity index (χ4n) is 5.08. The highest BCUT2D eigenvalue weighted by Crippen LogP contribution is 2.26. The van der Waals surface area contributed by atoms with Gasteiger partial charge in [-0.1, -0.05) is 13.0 Å². The minimum Gasteiger partial charge on any atom is -0.493 e. The number of likely N-dealkylation sites (tertiary alicyclic amines) is 1. The van der Waals surface area contributed by atoms with Crippen molar-refractivity contribution < 1.29 is 14.3 Å². The highest BCUT2D eigenvalue weighted by Gasteiger charge is 2.20. The Kier molecular flexibility index (Phi) is 12.7. The molecule has 10 nitrogen and oxygen atoms in total. The van der Waals surface area contributed by atoms with Crippen LogP contribution in [-0.2, 0) is 11.3 Å². The van der Waals surface area contributed by atoms with E-state index in [1.165, 1.54) is 25.8 Å². The van der Waals surface area contributed by atoms with Gasteiger partial charge in [0.15, 0.2) is 12.6 Å². The molecule has 1 amide bonds. The number of piperidine rings is 1. The molecule has 10 heteroatoms. The summed E-state index contributed by atoms with van der Waals surface area (Å²) in [5.74, 6) is 1.51. The third-order valence-electron chi connectivity index (χ3n) is 7.62. The molecule has 2 heterocycles. The van der Waals surface area contributed by atoms with Crippen molar-refractivity contribution in [3.63, 3.8) is 0 Å². The van der Waals surface area contributed by atoms with Gasteiger partial charge in [-0.15, -0.1) is 0 Å². The van der Waals surface area contributed by atoms with Gasteiger partial charge in [0.1, 0.15) is 11.5 Å². The average molecular weight is 544 g/mol. The summed E-state index contributed by atoms with van der Waals surface area (Å²) < 4.78 is 12.0. The Morgan fingerprint density at radius 1 is 1.21 bits per heavy atom. The number of carbonyl (C=O) groups excluding carboxylic acids is 1. The van der Waals surface area contributed by atoms with Gasteiger partial charge in [-0.25, -0.2) is 0 Å². The van der Waals surface area contributed by atoms with Gasteiger partial charge in [0.05, 0.1) is 6.61 Å². The van der Waals surface area contributed by atoms with Gasteiger partial charge >= 0.3 is 0 Å². The van der Waals surface area contributed by atoms with Crippen molar-refractivity contribution in [2.45, 2.75) is 51.6 Å². The lowest BCUT2D eigenvalue weighted by atomic mass is 10.0. The zero-order chi connectivity index (χ0) is 28.0. The topological polar surface area (TPSA) is 110 Å². The predicted octanol–water partition coefficient (Wildman–Crippen LogP) is 2.30. The summed E-state index contributed by atoms with van der Waals surface area (Å²) in [6.07, 6.45) is 7.51. The zero-order valence-electron chi connectivity index (χ0n) is 24.0. The molecule has 218 valence electrons. The number of rotatable bonds is 15. The summed E-state index contributed by atoms with van der Waals surface area (Å²) >= 11 is 0. The van der Waals surface area contributed by atoms with Crippen molar-refractivity contribution >= 4 is 11.9 Å². The van der Waals surface area contributed by atoms with Crippen molar-refractivity contribution in [2.75, 3.05) is 72.6 Å². The van der Waals surface area contributed by atoms with Crippen LogP contribution in [0.5, 0.6) is 11.5 Å². The number of nitrogens with zero attached hydrogens (tertiary/aromatic N) is 4. The SMILES string of the molecule is C=CN(C)CCCOc1ccc(OCC(=O)NCCCN2CCCCC2C)cc1CN1CCN(C(=N)N)CC1. The van der Waals surface area contributed by atoms with E-state index in [9.17, 15) is 4.79 Å². The molecule has 2 saturated heterocycles. The molecule has 2 aliphatic heterocycles. The van der Waals surface area contributed by atoms with Crippen LogP contribution in [0.2, 0.25) is 0 Å². The molecule has 0 aromatic heterocycles. The number of piperazine rings is 1. The largest absolute Gasteiger partial charge is 0.493 e. The van der Waals surface area contributed by atoms with Gasteiger partial charge in [0, 0.05) is 71.0 Å². The first-order valence-corrected chi connectivity index (χ1v) is 14.4. The highest BCUT2D eigenvalue weighted by atomic mass is 16.5. The Hall–Kier alpha value is -2.98. The first-order chi connectivity index (χ1) is 18.9. The predicted molar refractivity (Wildman–Crippen MR) is 156 cm³/mol. The molecule has 1 unspecified atom stereocenters. The van der Waals surface area contributed by atoms with E-state index in [1.807, 2.05) is 41.2 Å². The molecule has 0 saturated carbocycles. The molecular weight excluding hydrogens is 494 g/mol. The molecule has 1 aromatic rings. The maximum Gasteiger partial charge on any atom is 0.257 e. The molecule has 39 heavy (non-hydrogen) atoms. The molecule has 0 bridgehead atoms. The number of hydrogen-bond acceptors (Lipinski definition) is 7. The van der Waals surface area contributed by atoms with Crippen LogP contribution in [0.25, 0.3) is 0 Å². The van der Waals surface area contributed by atoms with Gasteiger partial charge in [0.2, 0.25) is 0 Å². The van der Waals surface area contributed by atoms with Crippen molar-refractivity contribution in [3.05, 3.63) is 36.5 Å². The van der Waals surface area contributed by atoms with Gasteiger partial charge in [-0.2, -0.15) is 0 Å². The van der Waals surface area contributed by atoms with Gasteiger partial charge < -0.3 is 35.2 Å². The zero-order valence-corrected chi connectivity index (χ0v) is 24.0. The second-order valence-corrected chi connectivity index (χ2v) is 10.7. The van der Waals surface area contributed by atoms with Crippen LogP contribution >= 0.6 is 0 Å². The van der Waals surface area contributed by atoms with Gasteiger partial charge in [-0.05, 0) is 63.6 Å². The Bertz CT molecular complexity index is 920. The minimum absolute atomic E-state index is 0.00899. The molecule has 2 aliphatic rings. The number of nitrogens with one attached hydrogen (secondary N) is 2. The molecule has 2 fully saturated rings. The van der Waals surface area contributed by atoms with E-state index in [2.05, 4.69) is 28.6 Å². The van der Waals surface area contributed by atoms with Crippen LogP contribution in [0.4, 0.5) is 0 Å². The smallest absolute Gasteiger partial charge is 0.257 e. The Labute approximate surface area is 234 Å². The van der Waals surface area contributed by atoms with Gasteiger partial charge in [0.25, 0.3) is 5.91 Å². The Morgan fingerprint density at radius 2 is 2.00 bits per heavy atom. The van der Waals surface area contributed by atoms with Crippen molar-refractivity contribution in [1.29, 1.82) is 5.41 Å². The molecule has 1 atom stereocenters. The van der Waals surface area contributed by atoms with Crippen molar-refractivity contribution in [3.8, 4) is 11.5 Å². The lowest BCUT2D eigenvalue weighted by Crippen LogP contribution is -2.50. The van der Waals surface area contributed by atoms with Crippen LogP contribution < -0.4 is 20.5 Å². The maximum atomic E-state index is 12.4. The van der Waals surface area contributed by atoms with Crippen molar-refractivity contribution in [2.24, 2.45) is 5.73 Å². The fourth-order valence-corrected chi connectivity index (χ4v) is 5.08. The molecular formula is C29H49N7O3. The minimum atomic E-state index is -0.102. The van der Waals surface area contributed by atoms with Crippen molar-refractivity contribution in [1.82, 2.24) is 24.9 Å². The van der Waals surface area contributed by atoms with Crippen LogP contribution in [0, 0.1) is 5.41 Å². The summed E-state index contributed by atoms with van der Waals surface area (Å²) in [6, 6.07) is 6.43. The van der Waals surface area contributed by atoms with E-state index in [-0.39, 0.29) is 18.5 Å². The van der Waals surface area contributed by atoms with E-state index < -0.39 is 0 Å². The summed E-state index contributed by atoms with van der Waals surface area (Å²) in [7, 11) is 2.00. The molecule has 3 rings (SSSR count). The van der Waals surface area contributed by atoms with E-state index >= 15 is 0 Å². The highest BCUT2D eigenvalue weighted by molar-refractivity contribution is 5.77. The fraction of sp³-hybridized carbons (Fsp3) is 0.655. The number of amides is 1. The number of hydrogen-bond donors (Lipinski definition) is 3. The second-order valence-electron chi connectivity index (χ2n) is 10.7. The Morgan fingerprint density at radius 3 is 2.72 bits per heavy atom. The number of benzene rings is 1. The monoisotopic (exact) mass is 543 g/mol. The van der Waals surface area contributed by atoms with Gasteiger partial charge in [-0.3, -0.25) is 15.1 Å². The Balaban J connectivity index is 1.49. The van der Waals surface area contributed by atoms with Crippen LogP contribution in [-0.4, -0.2) is 110 Å². The van der Waals surface area contributed by atoms with E-state index in [0.717, 1.165) is 63.4 Å². The summed E-state index contributed by atoms with van der Waals surface area (Å²) in [4.78, 5) is 21.2. The number of guanidine groups is 1. The number of ether oxygens (including phenoxy) is 2. The summed E-state index contributed by atoms with van der Waals surface area (Å²) in [5, 5.41) is 10.7. The molecule has 0 radical (unpaired) electrons. The number of nitrogens with two attached hydrogens (primary N) is 1. The maximum absolute atomic E-state index is 12.4. The van der Waals surface area contributed by atoms with E-state index in [1.54, 1.807) is 0 Å². The third-order valence-corrected chi connectivity index (χ3v) is 7.62. The third kappa shape index (κ3) is 10.6. The first-order valence-electron chi connectivity index (χ1n) is 14.4. The average Bonchev–Trinajstić information content (AvgIpc) is 2.94. The first kappa shape index (κ1) is 30.6. The second kappa shape index (κ2) is 16.2. The molecule has 1 aromatic carbocycles. The van der Waals surface area contributed by atoms with E-state index in [0.29, 0.717) is 31.5 Å². The molecule has 0 aliphatic carbocycles.